The Bertz CT molecular complexity index is 717. The van der Waals surface area contributed by atoms with Crippen LogP contribution in [0.3, 0.4) is 0 Å². The number of rotatable bonds is 9. The first kappa shape index (κ1) is 18.3. The fraction of sp³-hybridized carbons (Fsp3) is 0.400. The first-order valence-electron chi connectivity index (χ1n) is 8.97. The molecule has 4 nitrogen and oxygen atoms in total. The molecule has 0 aromatic heterocycles. The molecular weight excluding hydrogens is 328 g/mol. The lowest BCUT2D eigenvalue weighted by Crippen LogP contribution is -2.54. The van der Waals surface area contributed by atoms with Crippen LogP contribution in [0, 0.1) is 0 Å². The number of hydrogen-bond donors (Lipinski definition) is 2. The summed E-state index contributed by atoms with van der Waals surface area (Å²) in [6, 6.07) is 16.2. The van der Waals surface area contributed by atoms with E-state index in [9.17, 15) is 0 Å². The first-order valence-corrected chi connectivity index (χ1v) is 11.0. The molecule has 0 spiro atoms. The van der Waals surface area contributed by atoms with E-state index in [1.165, 1.54) is 27.4 Å². The van der Waals surface area contributed by atoms with Gasteiger partial charge in [0.25, 0.3) is 0 Å². The lowest BCUT2D eigenvalue weighted by Gasteiger charge is -2.30. The van der Waals surface area contributed by atoms with Gasteiger partial charge in [0.15, 0.2) is 0 Å². The van der Waals surface area contributed by atoms with Gasteiger partial charge >= 0.3 is 8.56 Å². The minimum absolute atomic E-state index is 0.668. The van der Waals surface area contributed by atoms with E-state index in [1.54, 1.807) is 14.2 Å². The molecule has 3 rings (SSSR count). The molecule has 0 fully saturated rings. The molecule has 0 aliphatic heterocycles. The van der Waals surface area contributed by atoms with E-state index in [-0.39, 0.29) is 0 Å². The second kappa shape index (κ2) is 8.25. The summed E-state index contributed by atoms with van der Waals surface area (Å²) in [5.41, 5.74) is 11.0. The van der Waals surface area contributed by atoms with Crippen LogP contribution >= 0.6 is 0 Å². The van der Waals surface area contributed by atoms with Crippen molar-refractivity contribution in [3.8, 4) is 11.1 Å². The SMILES string of the molecule is CO[Si](CCCNCCN)(OC)c1cccc2c1Cc1ccccc1-2. The number of benzene rings is 2. The van der Waals surface area contributed by atoms with Crippen molar-refractivity contribution in [3.05, 3.63) is 53.6 Å². The second-order valence-electron chi connectivity index (χ2n) is 6.47. The van der Waals surface area contributed by atoms with Gasteiger partial charge in [-0.25, -0.2) is 0 Å². The largest absolute Gasteiger partial charge is 0.394 e. The fourth-order valence-corrected chi connectivity index (χ4v) is 6.79. The van der Waals surface area contributed by atoms with Gasteiger partial charge in [-0.3, -0.25) is 0 Å². The Morgan fingerprint density at radius 1 is 1.00 bits per heavy atom. The molecule has 0 radical (unpaired) electrons. The Kier molecular flexibility index (Phi) is 6.04. The van der Waals surface area contributed by atoms with Gasteiger partial charge in [0.1, 0.15) is 0 Å². The molecule has 134 valence electrons. The lowest BCUT2D eigenvalue weighted by molar-refractivity contribution is 0.256. The maximum Gasteiger partial charge on any atom is 0.372 e. The zero-order valence-corrected chi connectivity index (χ0v) is 16.2. The molecule has 0 saturated heterocycles. The van der Waals surface area contributed by atoms with Crippen molar-refractivity contribution in [2.75, 3.05) is 33.9 Å². The Labute approximate surface area is 151 Å². The van der Waals surface area contributed by atoms with Gasteiger partial charge in [-0.1, -0.05) is 42.5 Å². The second-order valence-corrected chi connectivity index (χ2v) is 9.83. The van der Waals surface area contributed by atoms with E-state index >= 15 is 0 Å². The highest BCUT2D eigenvalue weighted by Gasteiger charge is 2.41. The molecule has 25 heavy (non-hydrogen) atoms. The molecule has 0 unspecified atom stereocenters. The average molecular weight is 357 g/mol. The number of hydrogen-bond acceptors (Lipinski definition) is 4. The van der Waals surface area contributed by atoms with Gasteiger partial charge in [0, 0.05) is 27.3 Å². The van der Waals surface area contributed by atoms with Crippen LogP contribution in [0.1, 0.15) is 17.5 Å². The smallest absolute Gasteiger partial charge is 0.372 e. The lowest BCUT2D eigenvalue weighted by atomic mass is 10.1. The molecule has 2 aromatic rings. The van der Waals surface area contributed by atoms with Crippen LogP contribution in [-0.2, 0) is 15.3 Å². The minimum Gasteiger partial charge on any atom is -0.394 e. The van der Waals surface area contributed by atoms with E-state index in [4.69, 9.17) is 14.6 Å². The van der Waals surface area contributed by atoms with Crippen molar-refractivity contribution in [1.82, 2.24) is 5.32 Å². The van der Waals surface area contributed by atoms with E-state index in [0.717, 1.165) is 32.0 Å². The molecule has 1 aliphatic rings. The third-order valence-electron chi connectivity index (χ3n) is 5.10. The molecular formula is C20H28N2O2Si. The van der Waals surface area contributed by atoms with E-state index in [1.807, 2.05) is 0 Å². The van der Waals surface area contributed by atoms with E-state index < -0.39 is 8.56 Å². The van der Waals surface area contributed by atoms with E-state index in [0.29, 0.717) is 6.54 Å². The van der Waals surface area contributed by atoms with Gasteiger partial charge in [0.2, 0.25) is 0 Å². The average Bonchev–Trinajstić information content (AvgIpc) is 3.04. The summed E-state index contributed by atoms with van der Waals surface area (Å²) in [5, 5.41) is 4.64. The third-order valence-corrected chi connectivity index (χ3v) is 8.72. The molecule has 1 aliphatic carbocycles. The van der Waals surface area contributed by atoms with Crippen molar-refractivity contribution in [2.45, 2.75) is 18.9 Å². The molecule has 0 amide bonds. The standard InChI is InChI=1S/C20H28N2O2Si/c1-23-25(24-2,14-6-12-22-13-11-21)20-10-5-9-18-17-8-4-3-7-16(17)15-19(18)20/h3-5,7-10,22H,6,11-15,21H2,1-2H3. The predicted octanol–water partition coefficient (Wildman–Crippen LogP) is 2.14. The summed E-state index contributed by atoms with van der Waals surface area (Å²) < 4.78 is 12.1. The van der Waals surface area contributed by atoms with Crippen LogP contribution in [0.4, 0.5) is 0 Å². The van der Waals surface area contributed by atoms with Gasteiger partial charge in [-0.05, 0) is 52.9 Å². The Morgan fingerprint density at radius 2 is 1.76 bits per heavy atom. The van der Waals surface area contributed by atoms with Gasteiger partial charge in [-0.15, -0.1) is 0 Å². The maximum atomic E-state index is 6.07. The predicted molar refractivity (Wildman–Crippen MR) is 105 cm³/mol. The van der Waals surface area contributed by atoms with Gasteiger partial charge in [-0.2, -0.15) is 0 Å². The summed E-state index contributed by atoms with van der Waals surface area (Å²) >= 11 is 0. The van der Waals surface area contributed by atoms with Crippen molar-refractivity contribution in [3.63, 3.8) is 0 Å². The summed E-state index contributed by atoms with van der Waals surface area (Å²) in [7, 11) is 1.15. The fourth-order valence-electron chi connectivity index (χ4n) is 3.83. The molecule has 5 heteroatoms. The van der Waals surface area contributed by atoms with Crippen LogP contribution in [0.15, 0.2) is 42.5 Å². The Balaban J connectivity index is 1.88. The van der Waals surface area contributed by atoms with Crippen molar-refractivity contribution in [1.29, 1.82) is 0 Å². The summed E-state index contributed by atoms with van der Waals surface area (Å²) in [6.45, 7) is 2.46. The molecule has 0 heterocycles. The Hall–Kier alpha value is -1.50. The monoisotopic (exact) mass is 356 g/mol. The third kappa shape index (κ3) is 3.56. The van der Waals surface area contributed by atoms with Crippen LogP contribution in [0.25, 0.3) is 11.1 Å². The molecule has 0 atom stereocenters. The highest BCUT2D eigenvalue weighted by molar-refractivity contribution is 6.81. The van der Waals surface area contributed by atoms with Crippen molar-refractivity contribution in [2.24, 2.45) is 5.73 Å². The van der Waals surface area contributed by atoms with Gasteiger partial charge < -0.3 is 19.9 Å². The van der Waals surface area contributed by atoms with E-state index in [2.05, 4.69) is 47.8 Å². The minimum atomic E-state index is -2.45. The normalized spacial score (nSPS) is 12.9. The molecule has 0 saturated carbocycles. The summed E-state index contributed by atoms with van der Waals surface area (Å²) in [6.07, 6.45) is 1.99. The maximum absolute atomic E-state index is 6.07. The highest BCUT2D eigenvalue weighted by Crippen LogP contribution is 2.36. The number of nitrogens with one attached hydrogen (secondary N) is 1. The van der Waals surface area contributed by atoms with Crippen LogP contribution in [0.2, 0.25) is 6.04 Å². The molecule has 2 aromatic carbocycles. The Morgan fingerprint density at radius 3 is 2.52 bits per heavy atom. The first-order chi connectivity index (χ1) is 12.3. The van der Waals surface area contributed by atoms with Crippen molar-refractivity contribution < 1.29 is 8.85 Å². The van der Waals surface area contributed by atoms with Crippen molar-refractivity contribution >= 4 is 13.7 Å². The molecule has 0 bridgehead atoms. The zero-order chi connectivity index (χ0) is 17.7. The summed E-state index contributed by atoms with van der Waals surface area (Å²) in [4.78, 5) is 0. The topological polar surface area (TPSA) is 56.5 Å². The molecule has 3 N–H and O–H groups in total. The van der Waals surface area contributed by atoms with Crippen LogP contribution in [-0.4, -0.2) is 42.4 Å². The van der Waals surface area contributed by atoms with Gasteiger partial charge in [0.05, 0.1) is 0 Å². The van der Waals surface area contributed by atoms with Crippen LogP contribution < -0.4 is 16.2 Å². The highest BCUT2D eigenvalue weighted by atomic mass is 28.4. The number of nitrogens with two attached hydrogens (primary N) is 1. The summed E-state index contributed by atoms with van der Waals surface area (Å²) in [5.74, 6) is 0. The quantitative estimate of drug-likeness (QED) is 0.456. The number of fused-ring (bicyclic) bond motifs is 3. The van der Waals surface area contributed by atoms with Crippen LogP contribution in [0.5, 0.6) is 0 Å². The zero-order valence-electron chi connectivity index (χ0n) is 15.2.